The number of methoxy groups -OCH3 is 2. The van der Waals surface area contributed by atoms with Crippen LogP contribution in [0.1, 0.15) is 5.56 Å². The lowest BCUT2D eigenvalue weighted by molar-refractivity contribution is 0.00338. The van der Waals surface area contributed by atoms with Crippen molar-refractivity contribution in [2.45, 2.75) is 5.92 Å². The van der Waals surface area contributed by atoms with E-state index in [-0.39, 0.29) is 22.1 Å². The van der Waals surface area contributed by atoms with Crippen LogP contribution in [0.2, 0.25) is 5.02 Å². The van der Waals surface area contributed by atoms with Crippen LogP contribution < -0.4 is 15.2 Å². The molecule has 1 rings (SSSR count). The summed E-state index contributed by atoms with van der Waals surface area (Å²) in [7, 11) is 2.63. The lowest BCUT2D eigenvalue weighted by Gasteiger charge is -2.19. The van der Waals surface area contributed by atoms with Crippen LogP contribution in [-0.2, 0) is 5.92 Å². The monoisotopic (exact) mass is 251 g/mol. The zero-order valence-electron chi connectivity index (χ0n) is 8.89. The van der Waals surface area contributed by atoms with Gasteiger partial charge in [0.15, 0.2) is 11.5 Å². The van der Waals surface area contributed by atoms with Crippen LogP contribution >= 0.6 is 11.6 Å². The fraction of sp³-hybridized carbons (Fsp3) is 0.400. The fourth-order valence-corrected chi connectivity index (χ4v) is 1.52. The number of hydrogen-bond donors (Lipinski definition) is 1. The fourth-order valence-electron chi connectivity index (χ4n) is 1.31. The van der Waals surface area contributed by atoms with Gasteiger partial charge in [-0.2, -0.15) is 8.78 Å². The number of benzene rings is 1. The Morgan fingerprint density at radius 1 is 1.31 bits per heavy atom. The third-order valence-corrected chi connectivity index (χ3v) is 2.31. The Balaban J connectivity index is 3.42. The van der Waals surface area contributed by atoms with Gasteiger partial charge in [0.1, 0.15) is 0 Å². The van der Waals surface area contributed by atoms with E-state index in [1.807, 2.05) is 0 Å². The van der Waals surface area contributed by atoms with Crippen molar-refractivity contribution in [3.63, 3.8) is 0 Å². The first-order valence-electron chi connectivity index (χ1n) is 4.46. The normalized spacial score (nSPS) is 11.4. The molecule has 90 valence electrons. The Hall–Kier alpha value is -1.07. The SMILES string of the molecule is COc1cc(Cl)cc(C(F)(F)CN)c1OC. The van der Waals surface area contributed by atoms with E-state index in [0.717, 1.165) is 6.07 Å². The molecule has 0 aliphatic rings. The number of nitrogens with two attached hydrogens (primary N) is 1. The molecule has 0 spiro atoms. The van der Waals surface area contributed by atoms with Gasteiger partial charge in [-0.15, -0.1) is 0 Å². The summed E-state index contributed by atoms with van der Waals surface area (Å²) in [6.07, 6.45) is 0. The van der Waals surface area contributed by atoms with E-state index < -0.39 is 12.5 Å². The molecule has 0 bridgehead atoms. The van der Waals surface area contributed by atoms with Crippen molar-refractivity contribution < 1.29 is 18.3 Å². The van der Waals surface area contributed by atoms with Gasteiger partial charge >= 0.3 is 0 Å². The maximum Gasteiger partial charge on any atom is 0.288 e. The molecule has 0 radical (unpaired) electrons. The van der Waals surface area contributed by atoms with E-state index in [0.29, 0.717) is 0 Å². The van der Waals surface area contributed by atoms with Crippen LogP contribution in [0, 0.1) is 0 Å². The number of alkyl halides is 2. The van der Waals surface area contributed by atoms with Crippen molar-refractivity contribution in [3.05, 3.63) is 22.7 Å². The highest BCUT2D eigenvalue weighted by molar-refractivity contribution is 6.30. The van der Waals surface area contributed by atoms with Crippen LogP contribution in [-0.4, -0.2) is 20.8 Å². The lowest BCUT2D eigenvalue weighted by Crippen LogP contribution is -2.25. The second kappa shape index (κ2) is 4.84. The van der Waals surface area contributed by atoms with E-state index in [9.17, 15) is 8.78 Å². The zero-order valence-corrected chi connectivity index (χ0v) is 9.65. The molecule has 0 saturated heterocycles. The molecule has 1 aromatic rings. The van der Waals surface area contributed by atoms with Crippen molar-refractivity contribution in [1.82, 2.24) is 0 Å². The summed E-state index contributed by atoms with van der Waals surface area (Å²) in [6.45, 7) is -0.827. The molecule has 0 aliphatic carbocycles. The zero-order chi connectivity index (χ0) is 12.3. The summed E-state index contributed by atoms with van der Waals surface area (Å²) < 4.78 is 36.8. The van der Waals surface area contributed by atoms with Crippen LogP contribution in [0.4, 0.5) is 8.78 Å². The number of ether oxygens (including phenoxy) is 2. The Labute approximate surface area is 97.1 Å². The minimum Gasteiger partial charge on any atom is -0.493 e. The predicted octanol–water partition coefficient (Wildman–Crippen LogP) is 2.41. The molecule has 6 heteroatoms. The van der Waals surface area contributed by atoms with Crippen molar-refractivity contribution >= 4 is 11.6 Å². The average Bonchev–Trinajstić information content (AvgIpc) is 2.27. The van der Waals surface area contributed by atoms with Gasteiger partial charge in [-0.1, -0.05) is 11.6 Å². The molecule has 16 heavy (non-hydrogen) atoms. The Kier molecular flexibility index (Phi) is 3.93. The molecular weight excluding hydrogens is 240 g/mol. The molecule has 0 fully saturated rings. The van der Waals surface area contributed by atoms with Gasteiger partial charge in [-0.25, -0.2) is 0 Å². The van der Waals surface area contributed by atoms with Crippen LogP contribution in [0.15, 0.2) is 12.1 Å². The standard InChI is InChI=1S/C10H12ClF2NO2/c1-15-8-4-6(11)3-7(9(8)16-2)10(12,13)5-14/h3-4H,5,14H2,1-2H3. The largest absolute Gasteiger partial charge is 0.493 e. The van der Waals surface area contributed by atoms with Crippen molar-refractivity contribution in [2.24, 2.45) is 5.73 Å². The minimum absolute atomic E-state index is 0.0534. The van der Waals surface area contributed by atoms with Gasteiger partial charge in [0, 0.05) is 11.1 Å². The average molecular weight is 252 g/mol. The van der Waals surface area contributed by atoms with E-state index in [2.05, 4.69) is 0 Å². The number of halogens is 3. The third kappa shape index (κ3) is 2.36. The summed E-state index contributed by atoms with van der Waals surface area (Å²) in [5.41, 5.74) is 4.64. The second-order valence-corrected chi connectivity index (χ2v) is 3.53. The van der Waals surface area contributed by atoms with E-state index in [1.54, 1.807) is 0 Å². The molecule has 2 N–H and O–H groups in total. The van der Waals surface area contributed by atoms with Crippen molar-refractivity contribution in [1.29, 1.82) is 0 Å². The van der Waals surface area contributed by atoms with Gasteiger partial charge < -0.3 is 15.2 Å². The summed E-state index contributed by atoms with van der Waals surface area (Å²) in [6, 6.07) is 2.52. The van der Waals surface area contributed by atoms with Gasteiger partial charge in [0.2, 0.25) is 0 Å². The molecule has 0 amide bonds. The first-order chi connectivity index (χ1) is 7.46. The summed E-state index contributed by atoms with van der Waals surface area (Å²) in [4.78, 5) is 0. The van der Waals surface area contributed by atoms with E-state index >= 15 is 0 Å². The highest BCUT2D eigenvalue weighted by Gasteiger charge is 2.35. The second-order valence-electron chi connectivity index (χ2n) is 3.10. The Morgan fingerprint density at radius 3 is 2.38 bits per heavy atom. The topological polar surface area (TPSA) is 44.5 Å². The highest BCUT2D eigenvalue weighted by Crippen LogP contribution is 2.42. The molecule has 1 aromatic carbocycles. The summed E-state index contributed by atoms with van der Waals surface area (Å²) in [5.74, 6) is -3.11. The quantitative estimate of drug-likeness (QED) is 0.894. The molecule has 3 nitrogen and oxygen atoms in total. The molecule has 0 heterocycles. The number of hydrogen-bond acceptors (Lipinski definition) is 3. The van der Waals surface area contributed by atoms with E-state index in [1.165, 1.54) is 20.3 Å². The summed E-state index contributed by atoms with van der Waals surface area (Å²) in [5, 5.41) is 0.140. The van der Waals surface area contributed by atoms with E-state index in [4.69, 9.17) is 26.8 Å². The molecule has 0 saturated carbocycles. The Morgan fingerprint density at radius 2 is 1.94 bits per heavy atom. The minimum atomic E-state index is -3.20. The molecule has 0 atom stereocenters. The van der Waals surface area contributed by atoms with Gasteiger partial charge in [-0.3, -0.25) is 0 Å². The van der Waals surface area contributed by atoms with Crippen LogP contribution in [0.5, 0.6) is 11.5 Å². The van der Waals surface area contributed by atoms with Crippen molar-refractivity contribution in [2.75, 3.05) is 20.8 Å². The van der Waals surface area contributed by atoms with Gasteiger partial charge in [0.05, 0.1) is 26.3 Å². The first-order valence-corrected chi connectivity index (χ1v) is 4.84. The predicted molar refractivity (Wildman–Crippen MR) is 57.5 cm³/mol. The molecule has 0 aromatic heterocycles. The number of rotatable bonds is 4. The van der Waals surface area contributed by atoms with Crippen LogP contribution in [0.3, 0.4) is 0 Å². The lowest BCUT2D eigenvalue weighted by atomic mass is 10.1. The molecular formula is C10H12ClF2NO2. The van der Waals surface area contributed by atoms with Gasteiger partial charge in [-0.05, 0) is 6.07 Å². The van der Waals surface area contributed by atoms with Crippen molar-refractivity contribution in [3.8, 4) is 11.5 Å². The van der Waals surface area contributed by atoms with Gasteiger partial charge in [0.25, 0.3) is 5.92 Å². The molecule has 0 aliphatic heterocycles. The smallest absolute Gasteiger partial charge is 0.288 e. The third-order valence-electron chi connectivity index (χ3n) is 2.09. The maximum absolute atomic E-state index is 13.5. The maximum atomic E-state index is 13.5. The molecule has 0 unspecified atom stereocenters. The summed E-state index contributed by atoms with van der Waals surface area (Å²) >= 11 is 5.71. The highest BCUT2D eigenvalue weighted by atomic mass is 35.5. The first kappa shape index (κ1) is 13.0. The Bertz CT molecular complexity index is 385. The van der Waals surface area contributed by atoms with Crippen LogP contribution in [0.25, 0.3) is 0 Å².